The van der Waals surface area contributed by atoms with Crippen LogP contribution in [0.3, 0.4) is 0 Å². The monoisotopic (exact) mass is 297 g/mol. The van der Waals surface area contributed by atoms with Gasteiger partial charge < -0.3 is 10.1 Å². The molecular formula is C19H23NO2. The normalized spacial score (nSPS) is 11.8. The largest absolute Gasteiger partial charge is 0.484 e. The minimum absolute atomic E-state index is 0.0261. The van der Waals surface area contributed by atoms with Gasteiger partial charge in [-0.1, -0.05) is 41.5 Å². The van der Waals surface area contributed by atoms with Gasteiger partial charge in [0.1, 0.15) is 5.75 Å². The van der Waals surface area contributed by atoms with Crippen molar-refractivity contribution in [2.45, 2.75) is 33.7 Å². The summed E-state index contributed by atoms with van der Waals surface area (Å²) in [6, 6.07) is 13.9. The highest BCUT2D eigenvalue weighted by atomic mass is 16.5. The van der Waals surface area contributed by atoms with Gasteiger partial charge in [0.15, 0.2) is 6.61 Å². The van der Waals surface area contributed by atoms with E-state index in [2.05, 4.69) is 37.4 Å². The Morgan fingerprint density at radius 1 is 1.05 bits per heavy atom. The summed E-state index contributed by atoms with van der Waals surface area (Å²) in [5.74, 6) is 0.592. The fraction of sp³-hybridized carbons (Fsp3) is 0.316. The molecule has 3 heteroatoms. The highest BCUT2D eigenvalue weighted by Gasteiger charge is 2.12. The van der Waals surface area contributed by atoms with Crippen molar-refractivity contribution in [2.75, 3.05) is 6.61 Å². The van der Waals surface area contributed by atoms with E-state index in [1.54, 1.807) is 0 Å². The topological polar surface area (TPSA) is 38.3 Å². The lowest BCUT2D eigenvalue weighted by molar-refractivity contribution is -0.123. The van der Waals surface area contributed by atoms with E-state index >= 15 is 0 Å². The van der Waals surface area contributed by atoms with E-state index < -0.39 is 0 Å². The molecule has 1 unspecified atom stereocenters. The lowest BCUT2D eigenvalue weighted by Crippen LogP contribution is -2.31. The van der Waals surface area contributed by atoms with Gasteiger partial charge in [-0.15, -0.1) is 0 Å². The molecule has 0 saturated heterocycles. The molecule has 1 amide bonds. The lowest BCUT2D eigenvalue weighted by atomic mass is 10.00. The summed E-state index contributed by atoms with van der Waals surface area (Å²) in [5, 5.41) is 2.98. The van der Waals surface area contributed by atoms with E-state index in [-0.39, 0.29) is 18.6 Å². The van der Waals surface area contributed by atoms with Gasteiger partial charge in [0, 0.05) is 0 Å². The number of ether oxygens (including phenoxy) is 1. The summed E-state index contributed by atoms with van der Waals surface area (Å²) in [7, 11) is 0. The van der Waals surface area contributed by atoms with E-state index in [4.69, 9.17) is 4.74 Å². The van der Waals surface area contributed by atoms with Gasteiger partial charge in [-0.2, -0.15) is 0 Å². The molecule has 116 valence electrons. The summed E-state index contributed by atoms with van der Waals surface area (Å²) in [6.07, 6.45) is 0. The molecule has 0 heterocycles. The minimum atomic E-state index is -0.117. The van der Waals surface area contributed by atoms with Crippen LogP contribution in [0.5, 0.6) is 5.75 Å². The number of nitrogens with one attached hydrogen (secondary N) is 1. The zero-order valence-corrected chi connectivity index (χ0v) is 13.6. The third kappa shape index (κ3) is 4.35. The highest BCUT2D eigenvalue weighted by molar-refractivity contribution is 5.78. The number of hydrogen-bond acceptors (Lipinski definition) is 2. The zero-order chi connectivity index (χ0) is 16.1. The quantitative estimate of drug-likeness (QED) is 0.910. The van der Waals surface area contributed by atoms with Crippen LogP contribution in [0.15, 0.2) is 42.5 Å². The number of rotatable bonds is 5. The van der Waals surface area contributed by atoms with Crippen LogP contribution >= 0.6 is 0 Å². The Kier molecular flexibility index (Phi) is 5.21. The first-order valence-electron chi connectivity index (χ1n) is 7.51. The molecule has 0 aliphatic heterocycles. The van der Waals surface area contributed by atoms with E-state index in [0.29, 0.717) is 5.75 Å². The van der Waals surface area contributed by atoms with Gasteiger partial charge in [0.2, 0.25) is 0 Å². The van der Waals surface area contributed by atoms with Gasteiger partial charge in [-0.3, -0.25) is 4.79 Å². The standard InChI is InChI=1S/C19H23NO2/c1-13-6-9-17(10-7-13)22-12-19(21)20-16(4)18-11-14(2)5-8-15(18)3/h5-11,16H,12H2,1-4H3,(H,20,21). The van der Waals surface area contributed by atoms with Gasteiger partial charge in [-0.25, -0.2) is 0 Å². The molecule has 2 aromatic rings. The highest BCUT2D eigenvalue weighted by Crippen LogP contribution is 2.19. The van der Waals surface area contributed by atoms with Crippen molar-refractivity contribution in [3.63, 3.8) is 0 Å². The molecule has 3 nitrogen and oxygen atoms in total. The Morgan fingerprint density at radius 2 is 1.68 bits per heavy atom. The van der Waals surface area contributed by atoms with Gasteiger partial charge >= 0.3 is 0 Å². The number of aryl methyl sites for hydroxylation is 3. The first kappa shape index (κ1) is 16.1. The second-order valence-electron chi connectivity index (χ2n) is 5.75. The van der Waals surface area contributed by atoms with Crippen molar-refractivity contribution >= 4 is 5.91 Å². The van der Waals surface area contributed by atoms with E-state index in [9.17, 15) is 4.79 Å². The third-order valence-electron chi connectivity index (χ3n) is 3.67. The number of carbonyl (C=O) groups is 1. The molecule has 0 fully saturated rings. The maximum atomic E-state index is 12.0. The summed E-state index contributed by atoms with van der Waals surface area (Å²) in [6.45, 7) is 8.14. The molecule has 2 rings (SSSR count). The molecule has 2 aromatic carbocycles. The molecule has 0 radical (unpaired) electrons. The molecule has 0 aromatic heterocycles. The number of hydrogen-bond donors (Lipinski definition) is 1. The van der Waals surface area contributed by atoms with Gasteiger partial charge in [-0.05, 0) is 51.0 Å². The SMILES string of the molecule is Cc1ccc(OCC(=O)NC(C)c2cc(C)ccc2C)cc1. The van der Waals surface area contributed by atoms with Gasteiger partial charge in [0.05, 0.1) is 6.04 Å². The molecule has 0 saturated carbocycles. The fourth-order valence-electron chi connectivity index (χ4n) is 2.37. The zero-order valence-electron chi connectivity index (χ0n) is 13.6. The van der Waals surface area contributed by atoms with Crippen LogP contribution in [0.2, 0.25) is 0 Å². The van der Waals surface area contributed by atoms with E-state index in [0.717, 1.165) is 5.56 Å². The summed E-state index contributed by atoms with van der Waals surface area (Å²) in [5.41, 5.74) is 4.68. The number of carbonyl (C=O) groups excluding carboxylic acids is 1. The predicted molar refractivity (Wildman–Crippen MR) is 89.1 cm³/mol. The van der Waals surface area contributed by atoms with Crippen LogP contribution in [0.1, 0.15) is 35.2 Å². The average molecular weight is 297 g/mol. The molecule has 0 aliphatic carbocycles. The Morgan fingerprint density at radius 3 is 2.36 bits per heavy atom. The molecule has 0 aliphatic rings. The fourth-order valence-corrected chi connectivity index (χ4v) is 2.37. The first-order valence-corrected chi connectivity index (χ1v) is 7.51. The summed E-state index contributed by atoms with van der Waals surface area (Å²) < 4.78 is 5.50. The van der Waals surface area contributed by atoms with Crippen LogP contribution in [0.4, 0.5) is 0 Å². The number of amides is 1. The Labute approximate surface area is 132 Å². The maximum Gasteiger partial charge on any atom is 0.258 e. The van der Waals surface area contributed by atoms with E-state index in [1.807, 2.05) is 38.1 Å². The van der Waals surface area contributed by atoms with Gasteiger partial charge in [0.25, 0.3) is 5.91 Å². The minimum Gasteiger partial charge on any atom is -0.484 e. The third-order valence-corrected chi connectivity index (χ3v) is 3.67. The lowest BCUT2D eigenvalue weighted by Gasteiger charge is -2.17. The summed E-state index contributed by atoms with van der Waals surface area (Å²) >= 11 is 0. The van der Waals surface area contributed by atoms with E-state index in [1.165, 1.54) is 16.7 Å². The smallest absolute Gasteiger partial charge is 0.258 e. The van der Waals surface area contributed by atoms with Crippen molar-refractivity contribution < 1.29 is 9.53 Å². The molecule has 22 heavy (non-hydrogen) atoms. The van der Waals surface area contributed by atoms with Crippen LogP contribution in [-0.2, 0) is 4.79 Å². The van der Waals surface area contributed by atoms with Crippen LogP contribution in [0.25, 0.3) is 0 Å². The molecule has 0 spiro atoms. The first-order chi connectivity index (χ1) is 10.5. The van der Waals surface area contributed by atoms with Crippen molar-refractivity contribution in [3.8, 4) is 5.75 Å². The van der Waals surface area contributed by atoms with Crippen LogP contribution < -0.4 is 10.1 Å². The van der Waals surface area contributed by atoms with Crippen LogP contribution in [-0.4, -0.2) is 12.5 Å². The van der Waals surface area contributed by atoms with Crippen LogP contribution in [0, 0.1) is 20.8 Å². The molecular weight excluding hydrogens is 274 g/mol. The summed E-state index contributed by atoms with van der Waals surface area (Å²) in [4.78, 5) is 12.0. The van der Waals surface area contributed by atoms with Crippen molar-refractivity contribution in [1.82, 2.24) is 5.32 Å². The Balaban J connectivity index is 1.91. The second kappa shape index (κ2) is 7.12. The maximum absolute atomic E-state index is 12.0. The average Bonchev–Trinajstić information content (AvgIpc) is 2.49. The molecule has 1 N–H and O–H groups in total. The Hall–Kier alpha value is -2.29. The second-order valence-corrected chi connectivity index (χ2v) is 5.75. The predicted octanol–water partition coefficient (Wildman–Crippen LogP) is 3.87. The number of benzene rings is 2. The molecule has 1 atom stereocenters. The van der Waals surface area contributed by atoms with Crippen molar-refractivity contribution in [2.24, 2.45) is 0 Å². The van der Waals surface area contributed by atoms with Crippen molar-refractivity contribution in [1.29, 1.82) is 0 Å². The molecule has 0 bridgehead atoms. The van der Waals surface area contributed by atoms with Crippen molar-refractivity contribution in [3.05, 3.63) is 64.7 Å². The Bertz CT molecular complexity index is 647.